The van der Waals surface area contributed by atoms with Gasteiger partial charge in [-0.25, -0.2) is 4.79 Å². The number of carbonyl (C=O) groups is 1. The number of hydrogen-bond acceptors (Lipinski definition) is 3. The SMILES string of the molecule is COCCCN1C(C)CN(C(=O)Nc2cccc(Cl)c2)CC1C. The summed E-state index contributed by atoms with van der Waals surface area (Å²) < 4.78 is 5.13. The highest BCUT2D eigenvalue weighted by atomic mass is 35.5. The van der Waals surface area contributed by atoms with E-state index in [4.69, 9.17) is 16.3 Å². The molecule has 2 unspecified atom stereocenters. The maximum absolute atomic E-state index is 12.5. The maximum Gasteiger partial charge on any atom is 0.321 e. The number of rotatable bonds is 5. The van der Waals surface area contributed by atoms with E-state index in [0.29, 0.717) is 17.1 Å². The minimum absolute atomic E-state index is 0.0671. The molecule has 6 heteroatoms. The highest BCUT2D eigenvalue weighted by Crippen LogP contribution is 2.19. The average Bonchev–Trinajstić information content (AvgIpc) is 2.50. The van der Waals surface area contributed by atoms with Crippen molar-refractivity contribution in [2.75, 3.05) is 38.7 Å². The summed E-state index contributed by atoms with van der Waals surface area (Å²) >= 11 is 5.96. The van der Waals surface area contributed by atoms with Gasteiger partial charge >= 0.3 is 6.03 Å². The van der Waals surface area contributed by atoms with Crippen molar-refractivity contribution in [1.82, 2.24) is 9.80 Å². The van der Waals surface area contributed by atoms with Crippen LogP contribution in [0, 0.1) is 0 Å². The van der Waals surface area contributed by atoms with Gasteiger partial charge in [0.2, 0.25) is 0 Å². The minimum Gasteiger partial charge on any atom is -0.385 e. The molecule has 1 aliphatic heterocycles. The van der Waals surface area contributed by atoms with Gasteiger partial charge in [-0.15, -0.1) is 0 Å². The maximum atomic E-state index is 12.5. The predicted molar refractivity (Wildman–Crippen MR) is 94.2 cm³/mol. The number of benzene rings is 1. The Labute approximate surface area is 143 Å². The van der Waals surface area contributed by atoms with Crippen molar-refractivity contribution in [2.24, 2.45) is 0 Å². The first-order valence-electron chi connectivity index (χ1n) is 8.07. The summed E-state index contributed by atoms with van der Waals surface area (Å²) in [6, 6.07) is 7.83. The number of nitrogens with zero attached hydrogens (tertiary/aromatic N) is 2. The number of amides is 2. The molecule has 1 N–H and O–H groups in total. The fourth-order valence-corrected chi connectivity index (χ4v) is 3.31. The zero-order valence-corrected chi connectivity index (χ0v) is 14.8. The van der Waals surface area contributed by atoms with E-state index in [1.807, 2.05) is 17.0 Å². The topological polar surface area (TPSA) is 44.8 Å². The van der Waals surface area contributed by atoms with Crippen molar-refractivity contribution in [3.05, 3.63) is 29.3 Å². The van der Waals surface area contributed by atoms with Gasteiger partial charge in [0.1, 0.15) is 0 Å². The van der Waals surface area contributed by atoms with E-state index in [9.17, 15) is 4.79 Å². The number of piperazine rings is 1. The lowest BCUT2D eigenvalue weighted by Gasteiger charge is -2.44. The zero-order valence-electron chi connectivity index (χ0n) is 14.1. The summed E-state index contributed by atoms with van der Waals surface area (Å²) in [4.78, 5) is 16.8. The number of anilines is 1. The van der Waals surface area contributed by atoms with E-state index in [1.165, 1.54) is 0 Å². The molecule has 2 rings (SSSR count). The van der Waals surface area contributed by atoms with Crippen LogP contribution in [0.3, 0.4) is 0 Å². The molecule has 1 aromatic carbocycles. The van der Waals surface area contributed by atoms with Crippen LogP contribution in [-0.4, -0.2) is 61.3 Å². The lowest BCUT2D eigenvalue weighted by atomic mass is 10.1. The predicted octanol–water partition coefficient (Wildman–Crippen LogP) is 3.30. The second kappa shape index (κ2) is 8.52. The summed E-state index contributed by atoms with van der Waals surface area (Å²) in [5, 5.41) is 3.54. The smallest absolute Gasteiger partial charge is 0.321 e. The first-order valence-corrected chi connectivity index (χ1v) is 8.45. The van der Waals surface area contributed by atoms with Gasteiger partial charge in [-0.2, -0.15) is 0 Å². The quantitative estimate of drug-likeness (QED) is 0.837. The fourth-order valence-electron chi connectivity index (χ4n) is 3.12. The van der Waals surface area contributed by atoms with E-state index >= 15 is 0 Å². The number of methoxy groups -OCH3 is 1. The average molecular weight is 340 g/mol. The molecule has 1 heterocycles. The van der Waals surface area contributed by atoms with Crippen molar-refractivity contribution < 1.29 is 9.53 Å². The van der Waals surface area contributed by atoms with Crippen LogP contribution in [-0.2, 0) is 4.74 Å². The van der Waals surface area contributed by atoms with Crippen LogP contribution in [0.5, 0.6) is 0 Å². The highest BCUT2D eigenvalue weighted by molar-refractivity contribution is 6.30. The van der Waals surface area contributed by atoms with Crippen LogP contribution in [0.2, 0.25) is 5.02 Å². The molecule has 0 aliphatic carbocycles. The van der Waals surface area contributed by atoms with Gasteiger partial charge in [0, 0.05) is 56.1 Å². The van der Waals surface area contributed by atoms with Gasteiger partial charge in [-0.05, 0) is 38.5 Å². The van der Waals surface area contributed by atoms with Crippen molar-refractivity contribution >= 4 is 23.3 Å². The summed E-state index contributed by atoms with van der Waals surface area (Å²) in [6.07, 6.45) is 1.01. The number of ether oxygens (including phenoxy) is 1. The Kier molecular flexibility index (Phi) is 6.69. The molecule has 2 atom stereocenters. The Balaban J connectivity index is 1.91. The number of carbonyl (C=O) groups excluding carboxylic acids is 1. The molecule has 1 aromatic rings. The molecule has 1 aliphatic rings. The Hall–Kier alpha value is -1.30. The first kappa shape index (κ1) is 18.0. The monoisotopic (exact) mass is 339 g/mol. The molecule has 0 radical (unpaired) electrons. The van der Waals surface area contributed by atoms with E-state index in [1.54, 1.807) is 19.2 Å². The Morgan fingerprint density at radius 3 is 2.65 bits per heavy atom. The second-order valence-electron chi connectivity index (χ2n) is 6.13. The molecular formula is C17H26ClN3O2. The molecule has 1 fully saturated rings. The normalized spacial score (nSPS) is 22.2. The van der Waals surface area contributed by atoms with Gasteiger partial charge in [-0.3, -0.25) is 4.90 Å². The molecule has 0 saturated carbocycles. The molecule has 0 bridgehead atoms. The third kappa shape index (κ3) is 5.09. The Bertz CT molecular complexity index is 514. The van der Waals surface area contributed by atoms with Crippen molar-refractivity contribution in [3.63, 3.8) is 0 Å². The van der Waals surface area contributed by atoms with Gasteiger partial charge in [0.05, 0.1) is 0 Å². The van der Waals surface area contributed by atoms with Crippen LogP contribution < -0.4 is 5.32 Å². The van der Waals surface area contributed by atoms with E-state index in [2.05, 4.69) is 24.1 Å². The molecule has 0 spiro atoms. The van der Waals surface area contributed by atoms with Crippen molar-refractivity contribution in [1.29, 1.82) is 0 Å². The fraction of sp³-hybridized carbons (Fsp3) is 0.588. The minimum atomic E-state index is -0.0671. The van der Waals surface area contributed by atoms with Crippen LogP contribution in [0.4, 0.5) is 10.5 Å². The van der Waals surface area contributed by atoms with Crippen LogP contribution in [0.25, 0.3) is 0 Å². The second-order valence-corrected chi connectivity index (χ2v) is 6.56. The molecule has 0 aromatic heterocycles. The largest absolute Gasteiger partial charge is 0.385 e. The van der Waals surface area contributed by atoms with Crippen LogP contribution >= 0.6 is 11.6 Å². The third-order valence-corrected chi connectivity index (χ3v) is 4.46. The van der Waals surface area contributed by atoms with Crippen LogP contribution in [0.15, 0.2) is 24.3 Å². The Morgan fingerprint density at radius 2 is 2.04 bits per heavy atom. The van der Waals surface area contributed by atoms with E-state index in [-0.39, 0.29) is 6.03 Å². The van der Waals surface area contributed by atoms with E-state index in [0.717, 1.165) is 38.3 Å². The van der Waals surface area contributed by atoms with Gasteiger partial charge in [0.25, 0.3) is 0 Å². The lowest BCUT2D eigenvalue weighted by Crippen LogP contribution is -2.58. The standard InChI is InChI=1S/C17H26ClN3O2/c1-13-11-20(12-14(2)21(13)8-5-9-23-3)17(22)19-16-7-4-6-15(18)10-16/h4,6-7,10,13-14H,5,8-9,11-12H2,1-3H3,(H,19,22). The number of urea groups is 1. The summed E-state index contributed by atoms with van der Waals surface area (Å²) in [5.74, 6) is 0. The summed E-state index contributed by atoms with van der Waals surface area (Å²) in [6.45, 7) is 7.56. The third-order valence-electron chi connectivity index (χ3n) is 4.23. The van der Waals surface area contributed by atoms with Crippen molar-refractivity contribution in [3.8, 4) is 0 Å². The molecule has 128 valence electrons. The zero-order chi connectivity index (χ0) is 16.8. The van der Waals surface area contributed by atoms with E-state index < -0.39 is 0 Å². The molecule has 2 amide bonds. The number of hydrogen-bond donors (Lipinski definition) is 1. The number of nitrogens with one attached hydrogen (secondary N) is 1. The Morgan fingerprint density at radius 1 is 1.35 bits per heavy atom. The highest BCUT2D eigenvalue weighted by Gasteiger charge is 2.31. The van der Waals surface area contributed by atoms with Gasteiger partial charge in [0.15, 0.2) is 0 Å². The summed E-state index contributed by atoms with van der Waals surface area (Å²) in [7, 11) is 1.73. The molecule has 23 heavy (non-hydrogen) atoms. The van der Waals surface area contributed by atoms with Gasteiger partial charge in [-0.1, -0.05) is 17.7 Å². The van der Waals surface area contributed by atoms with Crippen molar-refractivity contribution in [2.45, 2.75) is 32.4 Å². The molecule has 1 saturated heterocycles. The molecule has 5 nitrogen and oxygen atoms in total. The molecular weight excluding hydrogens is 314 g/mol. The number of halogens is 1. The first-order chi connectivity index (χ1) is 11.0. The van der Waals surface area contributed by atoms with Crippen LogP contribution in [0.1, 0.15) is 20.3 Å². The summed E-state index contributed by atoms with van der Waals surface area (Å²) in [5.41, 5.74) is 0.727. The lowest BCUT2D eigenvalue weighted by molar-refractivity contribution is 0.0511. The van der Waals surface area contributed by atoms with Gasteiger partial charge < -0.3 is 15.0 Å².